The number of pyridine rings is 1. The molecule has 2 aliphatic heterocycles. The Morgan fingerprint density at radius 1 is 1.07 bits per heavy atom. The number of fused-ring (bicyclic) bond motifs is 3. The van der Waals surface area contributed by atoms with Crippen LogP contribution in [0.25, 0.3) is 5.65 Å². The van der Waals surface area contributed by atoms with Crippen LogP contribution in [-0.4, -0.2) is 97.6 Å². The molecule has 4 aromatic rings. The summed E-state index contributed by atoms with van der Waals surface area (Å²) >= 11 is 0. The molecule has 3 aliphatic rings. The maximum atomic E-state index is 12.7. The van der Waals surface area contributed by atoms with Gasteiger partial charge in [-0.1, -0.05) is 24.3 Å². The molecule has 1 aliphatic carbocycles. The summed E-state index contributed by atoms with van der Waals surface area (Å²) in [5, 5.41) is 21.8. The second-order valence-electron chi connectivity index (χ2n) is 12.1. The first-order chi connectivity index (χ1) is 21.0. The monoisotopic (exact) mass is 585 g/mol. The minimum Gasteiger partial charge on any atom is -0.392 e. The van der Waals surface area contributed by atoms with Crippen molar-refractivity contribution in [2.45, 2.75) is 38.7 Å². The van der Waals surface area contributed by atoms with Crippen LogP contribution in [0.1, 0.15) is 24.0 Å². The summed E-state index contributed by atoms with van der Waals surface area (Å²) in [4.78, 5) is 24.1. The molecule has 0 radical (unpaired) electrons. The van der Waals surface area contributed by atoms with Gasteiger partial charge < -0.3 is 29.9 Å². The molecule has 12 nitrogen and oxygen atoms in total. The highest BCUT2D eigenvalue weighted by atomic mass is 16.5. The predicted octanol–water partition coefficient (Wildman–Crippen LogP) is 2.37. The van der Waals surface area contributed by atoms with Crippen molar-refractivity contribution in [1.82, 2.24) is 34.2 Å². The number of piperazine rings is 1. The van der Waals surface area contributed by atoms with Gasteiger partial charge in [-0.15, -0.1) is 5.10 Å². The minimum atomic E-state index is 0.0463. The SMILES string of the molecule is CN1CCN(C(=O)Cn2cc(Nc3nc4c(N5C[C@H]6CC[C@@H](C5)[C@H]6OCc5cccc(CO)c5)cccn4n3)cn2)CC1. The van der Waals surface area contributed by atoms with Crippen LogP contribution in [-0.2, 0) is 29.3 Å². The first-order valence-corrected chi connectivity index (χ1v) is 15.2. The molecule has 7 rings (SSSR count). The van der Waals surface area contributed by atoms with Gasteiger partial charge in [0.1, 0.15) is 6.54 Å². The van der Waals surface area contributed by atoms with Crippen molar-refractivity contribution in [1.29, 1.82) is 0 Å². The number of ether oxygens (including phenoxy) is 1. The maximum absolute atomic E-state index is 12.7. The summed E-state index contributed by atoms with van der Waals surface area (Å²) in [6, 6.07) is 12.1. The highest BCUT2D eigenvalue weighted by Crippen LogP contribution is 2.41. The van der Waals surface area contributed by atoms with Gasteiger partial charge in [-0.2, -0.15) is 10.1 Å². The van der Waals surface area contributed by atoms with Crippen molar-refractivity contribution in [3.05, 3.63) is 66.1 Å². The van der Waals surface area contributed by atoms with Gasteiger partial charge in [-0.25, -0.2) is 4.52 Å². The van der Waals surface area contributed by atoms with Crippen LogP contribution < -0.4 is 10.2 Å². The summed E-state index contributed by atoms with van der Waals surface area (Å²) in [6.45, 7) is 5.96. The van der Waals surface area contributed by atoms with E-state index in [4.69, 9.17) is 9.72 Å². The van der Waals surface area contributed by atoms with E-state index in [9.17, 15) is 9.90 Å². The Kier molecular flexibility index (Phi) is 7.72. The number of nitrogens with zero attached hydrogens (tertiary/aromatic N) is 8. The Hall–Kier alpha value is -4.00. The molecule has 1 saturated carbocycles. The van der Waals surface area contributed by atoms with E-state index in [0.29, 0.717) is 24.4 Å². The van der Waals surface area contributed by atoms with Gasteiger partial charge in [0.15, 0.2) is 5.65 Å². The van der Waals surface area contributed by atoms with Gasteiger partial charge in [0, 0.05) is 63.5 Å². The molecular weight excluding hydrogens is 546 g/mol. The number of aromatic nitrogens is 5. The Morgan fingerprint density at radius 3 is 2.65 bits per heavy atom. The lowest BCUT2D eigenvalue weighted by Gasteiger charge is -2.39. The summed E-state index contributed by atoms with van der Waals surface area (Å²) in [5.41, 5.74) is 4.64. The summed E-state index contributed by atoms with van der Waals surface area (Å²) < 4.78 is 9.96. The third-order valence-corrected chi connectivity index (χ3v) is 9.09. The van der Waals surface area contributed by atoms with Crippen molar-refractivity contribution in [2.24, 2.45) is 11.8 Å². The Morgan fingerprint density at radius 2 is 1.86 bits per heavy atom. The van der Waals surface area contributed by atoms with Gasteiger partial charge in [-0.3, -0.25) is 9.48 Å². The van der Waals surface area contributed by atoms with Gasteiger partial charge in [0.05, 0.1) is 36.9 Å². The van der Waals surface area contributed by atoms with Crippen LogP contribution in [0.3, 0.4) is 0 Å². The number of carbonyl (C=O) groups is 1. The lowest BCUT2D eigenvalue weighted by molar-refractivity contribution is -0.133. The molecule has 2 saturated heterocycles. The predicted molar refractivity (Wildman–Crippen MR) is 162 cm³/mol. The molecule has 12 heteroatoms. The van der Waals surface area contributed by atoms with Crippen molar-refractivity contribution >= 4 is 28.9 Å². The number of nitrogens with one attached hydrogen (secondary N) is 1. The minimum absolute atomic E-state index is 0.0463. The first-order valence-electron chi connectivity index (χ1n) is 15.2. The van der Waals surface area contributed by atoms with Crippen LogP contribution in [0, 0.1) is 11.8 Å². The average molecular weight is 586 g/mol. The largest absolute Gasteiger partial charge is 0.392 e. The van der Waals surface area contributed by atoms with E-state index in [-0.39, 0.29) is 25.2 Å². The van der Waals surface area contributed by atoms with Crippen molar-refractivity contribution in [2.75, 3.05) is 56.5 Å². The molecule has 3 fully saturated rings. The van der Waals surface area contributed by atoms with E-state index in [0.717, 1.165) is 80.3 Å². The fraction of sp³-hybridized carbons (Fsp3) is 0.484. The molecule has 1 amide bonds. The number of piperidine rings is 1. The summed E-state index contributed by atoms with van der Waals surface area (Å²) in [5.74, 6) is 1.49. The first kappa shape index (κ1) is 27.8. The molecule has 5 heterocycles. The number of benzene rings is 1. The van der Waals surface area contributed by atoms with Gasteiger partial charge >= 0.3 is 0 Å². The zero-order valence-corrected chi connectivity index (χ0v) is 24.5. The second kappa shape index (κ2) is 11.9. The summed E-state index contributed by atoms with van der Waals surface area (Å²) in [7, 11) is 2.08. The quantitative estimate of drug-likeness (QED) is 0.305. The van der Waals surface area contributed by atoms with E-state index < -0.39 is 0 Å². The van der Waals surface area contributed by atoms with E-state index in [2.05, 4.69) is 44.5 Å². The van der Waals surface area contributed by atoms with Gasteiger partial charge in [-0.05, 0) is 43.1 Å². The van der Waals surface area contributed by atoms with Gasteiger partial charge in [0.2, 0.25) is 11.9 Å². The van der Waals surface area contributed by atoms with E-state index in [1.54, 1.807) is 10.9 Å². The fourth-order valence-electron chi connectivity index (χ4n) is 6.78. The van der Waals surface area contributed by atoms with Crippen LogP contribution in [0.2, 0.25) is 0 Å². The van der Waals surface area contributed by atoms with Crippen LogP contribution >= 0.6 is 0 Å². The number of hydrogen-bond donors (Lipinski definition) is 2. The van der Waals surface area contributed by atoms with Crippen molar-refractivity contribution in [3.63, 3.8) is 0 Å². The lowest BCUT2D eigenvalue weighted by atomic mass is 9.94. The molecular formula is C31H39N9O3. The number of likely N-dealkylation sites (N-methyl/N-ethyl adjacent to an activating group) is 1. The topological polar surface area (TPSA) is 116 Å². The standard InChI is InChI=1S/C31H39N9O3/c1-36-10-12-37(13-11-36)28(42)19-39-18-26(15-32-39)33-31-34-30-27(6-3-9-40(30)35-31)38-16-24-7-8-25(17-38)29(24)43-21-23-5-2-4-22(14-23)20-41/h2-6,9,14-15,18,24-25,29,41H,7-8,10-13,16-17,19-21H2,1H3,(H,33,35)/t24-,25+,29+. The molecule has 3 atom stereocenters. The average Bonchev–Trinajstić information content (AvgIpc) is 3.71. The number of aliphatic hydroxyl groups excluding tert-OH is 1. The molecule has 2 bridgehead atoms. The highest BCUT2D eigenvalue weighted by Gasteiger charge is 2.43. The Labute approximate surface area is 250 Å². The maximum Gasteiger partial charge on any atom is 0.247 e. The number of hydrogen-bond acceptors (Lipinski definition) is 9. The third kappa shape index (κ3) is 5.95. The smallest absolute Gasteiger partial charge is 0.247 e. The number of carbonyl (C=O) groups excluding carboxylic acids is 1. The molecule has 0 unspecified atom stereocenters. The van der Waals surface area contributed by atoms with Crippen molar-refractivity contribution in [3.8, 4) is 0 Å². The number of amides is 1. The zero-order chi connectivity index (χ0) is 29.3. The number of rotatable bonds is 9. The molecule has 1 aromatic carbocycles. The Bertz CT molecular complexity index is 1560. The van der Waals surface area contributed by atoms with Crippen LogP contribution in [0.4, 0.5) is 17.3 Å². The molecule has 2 N–H and O–H groups in total. The van der Waals surface area contributed by atoms with Crippen LogP contribution in [0.5, 0.6) is 0 Å². The molecule has 0 spiro atoms. The Balaban J connectivity index is 0.994. The normalized spacial score (nSPS) is 22.4. The highest BCUT2D eigenvalue weighted by molar-refractivity contribution is 5.76. The number of anilines is 3. The van der Waals surface area contributed by atoms with E-state index >= 15 is 0 Å². The van der Waals surface area contributed by atoms with Crippen LogP contribution in [0.15, 0.2) is 55.0 Å². The number of aliphatic hydroxyl groups is 1. The fourth-order valence-corrected chi connectivity index (χ4v) is 6.78. The summed E-state index contributed by atoms with van der Waals surface area (Å²) in [6.07, 6.45) is 8.00. The molecule has 43 heavy (non-hydrogen) atoms. The zero-order valence-electron chi connectivity index (χ0n) is 24.5. The lowest BCUT2D eigenvalue weighted by Crippen LogP contribution is -2.48. The van der Waals surface area contributed by atoms with Crippen molar-refractivity contribution < 1.29 is 14.6 Å². The van der Waals surface area contributed by atoms with E-state index in [1.807, 2.05) is 46.1 Å². The van der Waals surface area contributed by atoms with Gasteiger partial charge in [0.25, 0.3) is 0 Å². The third-order valence-electron chi connectivity index (χ3n) is 9.09. The molecule has 226 valence electrons. The van der Waals surface area contributed by atoms with E-state index in [1.165, 1.54) is 0 Å². The molecule has 3 aromatic heterocycles. The second-order valence-corrected chi connectivity index (χ2v) is 12.1.